The molecule has 0 aliphatic rings. The smallest absolute Gasteiger partial charge is 0.294 e. The number of carbonyl (C=O) groups is 1. The monoisotopic (exact) mass is 387 g/mol. The van der Waals surface area contributed by atoms with Crippen LogP contribution in [0.4, 0.5) is 11.4 Å². The summed E-state index contributed by atoms with van der Waals surface area (Å²) in [6.45, 7) is 0. The lowest BCUT2D eigenvalue weighted by Gasteiger charge is -2.12. The van der Waals surface area contributed by atoms with Gasteiger partial charge in [0.15, 0.2) is 0 Å². The minimum atomic E-state index is -0.529. The topological polar surface area (TPSA) is 96.0 Å². The third-order valence-corrected chi connectivity index (χ3v) is 3.83. The Morgan fingerprint density at radius 2 is 2.00 bits per heavy atom. The molecule has 0 aliphatic heterocycles. The molecule has 0 unspecified atom stereocenters. The fourth-order valence-electron chi connectivity index (χ4n) is 2.27. The highest BCUT2D eigenvalue weighted by Gasteiger charge is 2.21. The van der Waals surface area contributed by atoms with Crippen LogP contribution in [0.25, 0.3) is 0 Å². The van der Waals surface area contributed by atoms with Crippen molar-refractivity contribution < 1.29 is 9.72 Å². The van der Waals surface area contributed by atoms with Gasteiger partial charge in [-0.2, -0.15) is 5.26 Å². The molecule has 2 aromatic carbocycles. The van der Waals surface area contributed by atoms with Gasteiger partial charge >= 0.3 is 0 Å². The number of carbonyl (C=O) groups excluding carboxylic acids is 1. The fraction of sp³-hybridized carbons (Fsp3) is 0.176. The molecule has 0 heterocycles. The largest absolute Gasteiger partial charge is 0.316 e. The van der Waals surface area contributed by atoms with E-state index in [9.17, 15) is 14.9 Å². The van der Waals surface area contributed by atoms with Crippen molar-refractivity contribution in [3.05, 3.63) is 68.2 Å². The van der Waals surface area contributed by atoms with Crippen LogP contribution in [-0.4, -0.2) is 10.8 Å². The van der Waals surface area contributed by atoms with Crippen molar-refractivity contribution >= 4 is 33.2 Å². The van der Waals surface area contributed by atoms with E-state index in [0.29, 0.717) is 34.9 Å². The van der Waals surface area contributed by atoms with E-state index in [1.807, 2.05) is 6.07 Å². The SMILES string of the molecule is N#CCCCc1cc(Br)cc([N+](=O)[O-])c1NC(=O)c1ccccc1. The van der Waals surface area contributed by atoms with Crippen LogP contribution in [0.1, 0.15) is 28.8 Å². The number of nitro groups is 1. The molecule has 2 aromatic rings. The number of halogens is 1. The van der Waals surface area contributed by atoms with Crippen LogP contribution in [0.5, 0.6) is 0 Å². The van der Waals surface area contributed by atoms with Crippen LogP contribution in [-0.2, 0) is 6.42 Å². The lowest BCUT2D eigenvalue weighted by Crippen LogP contribution is -2.15. The summed E-state index contributed by atoms with van der Waals surface area (Å²) in [5.74, 6) is -0.414. The molecule has 0 saturated heterocycles. The molecule has 122 valence electrons. The number of hydrogen-bond donors (Lipinski definition) is 1. The Bertz CT molecular complexity index is 801. The minimum absolute atomic E-state index is 0.176. The normalized spacial score (nSPS) is 10.0. The molecular weight excluding hydrogens is 374 g/mol. The van der Waals surface area contributed by atoms with E-state index < -0.39 is 10.8 Å². The zero-order valence-corrected chi connectivity index (χ0v) is 14.2. The Balaban J connectivity index is 2.39. The second kappa shape index (κ2) is 8.22. The van der Waals surface area contributed by atoms with E-state index in [1.165, 1.54) is 6.07 Å². The molecule has 2 rings (SSSR count). The molecule has 0 fully saturated rings. The van der Waals surface area contributed by atoms with Crippen LogP contribution in [0.2, 0.25) is 0 Å². The van der Waals surface area contributed by atoms with Crippen LogP contribution < -0.4 is 5.32 Å². The second-order valence-corrected chi connectivity index (χ2v) is 5.96. The van der Waals surface area contributed by atoms with Crippen LogP contribution >= 0.6 is 15.9 Å². The molecule has 0 bridgehead atoms. The average Bonchev–Trinajstić information content (AvgIpc) is 2.57. The third-order valence-electron chi connectivity index (χ3n) is 3.37. The van der Waals surface area contributed by atoms with Gasteiger partial charge < -0.3 is 5.32 Å². The highest BCUT2D eigenvalue weighted by atomic mass is 79.9. The van der Waals surface area contributed by atoms with Gasteiger partial charge in [-0.25, -0.2) is 0 Å². The highest BCUT2D eigenvalue weighted by Crippen LogP contribution is 2.33. The van der Waals surface area contributed by atoms with Crippen molar-refractivity contribution in [3.63, 3.8) is 0 Å². The van der Waals surface area contributed by atoms with Crippen molar-refractivity contribution in [3.8, 4) is 6.07 Å². The lowest BCUT2D eigenvalue weighted by atomic mass is 10.0. The third kappa shape index (κ3) is 4.40. The van der Waals surface area contributed by atoms with E-state index in [1.54, 1.807) is 36.4 Å². The molecule has 6 nitrogen and oxygen atoms in total. The number of nitrogens with zero attached hydrogens (tertiary/aromatic N) is 2. The molecule has 24 heavy (non-hydrogen) atoms. The van der Waals surface area contributed by atoms with Gasteiger partial charge in [0.2, 0.25) is 0 Å². The number of hydrogen-bond acceptors (Lipinski definition) is 4. The number of unbranched alkanes of at least 4 members (excludes halogenated alkanes) is 1. The van der Waals surface area contributed by atoms with Crippen molar-refractivity contribution in [2.24, 2.45) is 0 Å². The zero-order chi connectivity index (χ0) is 17.5. The average molecular weight is 388 g/mol. The maximum absolute atomic E-state index is 12.4. The summed E-state index contributed by atoms with van der Waals surface area (Å²) in [5, 5.41) is 22.7. The molecule has 0 spiro atoms. The summed E-state index contributed by atoms with van der Waals surface area (Å²) in [6, 6.07) is 13.6. The second-order valence-electron chi connectivity index (χ2n) is 5.05. The number of nitrogens with one attached hydrogen (secondary N) is 1. The molecule has 0 saturated carbocycles. The molecule has 1 N–H and O–H groups in total. The first-order valence-electron chi connectivity index (χ1n) is 7.23. The van der Waals surface area contributed by atoms with Gasteiger partial charge in [-0.05, 0) is 36.6 Å². The molecule has 0 radical (unpaired) electrons. The van der Waals surface area contributed by atoms with Gasteiger partial charge in [-0.3, -0.25) is 14.9 Å². The first-order valence-corrected chi connectivity index (χ1v) is 8.02. The number of nitro benzene ring substituents is 1. The minimum Gasteiger partial charge on any atom is -0.316 e. The van der Waals surface area contributed by atoms with Crippen LogP contribution in [0, 0.1) is 21.4 Å². The van der Waals surface area contributed by atoms with E-state index in [-0.39, 0.29) is 11.4 Å². The summed E-state index contributed by atoms with van der Waals surface area (Å²) in [6.07, 6.45) is 1.35. The summed E-state index contributed by atoms with van der Waals surface area (Å²) >= 11 is 3.25. The molecule has 0 aromatic heterocycles. The molecular formula is C17H14BrN3O3. The number of anilines is 1. The quantitative estimate of drug-likeness (QED) is 0.449. The van der Waals surface area contributed by atoms with Gasteiger partial charge in [0.25, 0.3) is 11.6 Å². The standard InChI is InChI=1S/C17H14BrN3O3/c18-14-10-13(8-4-5-9-19)16(15(11-14)21(23)24)20-17(22)12-6-2-1-3-7-12/h1-3,6-7,10-11H,4-5,8H2,(H,20,22). The van der Waals surface area contributed by atoms with Gasteiger partial charge in [-0.1, -0.05) is 34.1 Å². The van der Waals surface area contributed by atoms with E-state index in [4.69, 9.17) is 5.26 Å². The van der Waals surface area contributed by atoms with Gasteiger partial charge in [0.05, 0.1) is 11.0 Å². The molecule has 0 aliphatic carbocycles. The maximum atomic E-state index is 12.4. The number of benzene rings is 2. The van der Waals surface area contributed by atoms with Gasteiger partial charge in [0.1, 0.15) is 5.69 Å². The predicted molar refractivity (Wildman–Crippen MR) is 93.7 cm³/mol. The Morgan fingerprint density at radius 1 is 1.29 bits per heavy atom. The fourth-order valence-corrected chi connectivity index (χ4v) is 2.76. The van der Waals surface area contributed by atoms with E-state index in [0.717, 1.165) is 0 Å². The predicted octanol–water partition coefficient (Wildman–Crippen LogP) is 4.46. The number of nitriles is 1. The van der Waals surface area contributed by atoms with Crippen LogP contribution in [0.15, 0.2) is 46.9 Å². The number of aryl methyl sites for hydroxylation is 1. The Kier molecular flexibility index (Phi) is 6.04. The molecule has 7 heteroatoms. The summed E-state index contributed by atoms with van der Waals surface area (Å²) in [5.41, 5.74) is 1.03. The zero-order valence-electron chi connectivity index (χ0n) is 12.7. The van der Waals surface area contributed by atoms with E-state index >= 15 is 0 Å². The lowest BCUT2D eigenvalue weighted by molar-refractivity contribution is -0.384. The first-order chi connectivity index (χ1) is 11.5. The summed E-state index contributed by atoms with van der Waals surface area (Å²) in [4.78, 5) is 23.2. The Morgan fingerprint density at radius 3 is 2.62 bits per heavy atom. The van der Waals surface area contributed by atoms with Crippen molar-refractivity contribution in [2.45, 2.75) is 19.3 Å². The first kappa shape index (κ1) is 17.6. The highest BCUT2D eigenvalue weighted by molar-refractivity contribution is 9.10. The summed E-state index contributed by atoms with van der Waals surface area (Å²) < 4.78 is 0.555. The van der Waals surface area contributed by atoms with Gasteiger partial charge in [-0.15, -0.1) is 0 Å². The van der Waals surface area contributed by atoms with Crippen molar-refractivity contribution in [1.82, 2.24) is 0 Å². The number of amides is 1. The van der Waals surface area contributed by atoms with Gasteiger partial charge in [0, 0.05) is 22.5 Å². The summed E-state index contributed by atoms with van der Waals surface area (Å²) in [7, 11) is 0. The Hall–Kier alpha value is -2.72. The maximum Gasteiger partial charge on any atom is 0.294 e. The van der Waals surface area contributed by atoms with E-state index in [2.05, 4.69) is 21.2 Å². The molecule has 1 amide bonds. The molecule has 0 atom stereocenters. The Labute approximate surface area is 147 Å². The van der Waals surface area contributed by atoms with Crippen molar-refractivity contribution in [1.29, 1.82) is 5.26 Å². The van der Waals surface area contributed by atoms with Crippen LogP contribution in [0.3, 0.4) is 0 Å². The number of rotatable bonds is 6. The van der Waals surface area contributed by atoms with Crippen molar-refractivity contribution in [2.75, 3.05) is 5.32 Å².